The highest BCUT2D eigenvalue weighted by molar-refractivity contribution is 5.91. The lowest BCUT2D eigenvalue weighted by atomic mass is 9.47. The molecule has 3 aromatic carbocycles. The summed E-state index contributed by atoms with van der Waals surface area (Å²) in [7, 11) is 0. The van der Waals surface area contributed by atoms with Gasteiger partial charge in [0.25, 0.3) is 0 Å². The van der Waals surface area contributed by atoms with E-state index in [-0.39, 0.29) is 40.2 Å². The molecule has 4 aliphatic heterocycles. The summed E-state index contributed by atoms with van der Waals surface area (Å²) in [5.74, 6) is -1.39. The monoisotopic (exact) mass is 1100 g/mol. The fourth-order valence-electron chi connectivity index (χ4n) is 15.5. The van der Waals surface area contributed by atoms with E-state index in [0.717, 1.165) is 51.6 Å². The van der Waals surface area contributed by atoms with E-state index in [4.69, 9.17) is 52.1 Å². The number of aliphatic hydroxyl groups is 1. The molecule has 4 aliphatic carbocycles. The van der Waals surface area contributed by atoms with Gasteiger partial charge >= 0.3 is 29.8 Å². The Kier molecular flexibility index (Phi) is 16.2. The van der Waals surface area contributed by atoms with Crippen LogP contribution in [0.1, 0.15) is 130 Å². The topological polar surface area (TPSA) is 207 Å². The van der Waals surface area contributed by atoms with Crippen molar-refractivity contribution in [2.24, 2.45) is 46.3 Å². The molecule has 0 aromatic heterocycles. The van der Waals surface area contributed by atoms with Crippen molar-refractivity contribution < 1.29 is 81.2 Å². The second-order valence-corrected chi connectivity index (χ2v) is 24.3. The van der Waals surface area contributed by atoms with Gasteiger partial charge in [0, 0.05) is 26.2 Å². The number of allylic oxidation sites excluding steroid dienone is 1. The summed E-state index contributed by atoms with van der Waals surface area (Å²) < 4.78 is 69.3. The Labute approximate surface area is 467 Å². The summed E-state index contributed by atoms with van der Waals surface area (Å²) in [6.07, 6.45) is -2.30. The molecular formula is C63H76O17. The summed E-state index contributed by atoms with van der Waals surface area (Å²) in [5.41, 5.74) is 1.99. The average Bonchev–Trinajstić information content (AvgIpc) is 2.35. The molecule has 4 heterocycles. The molecule has 0 amide bonds. The van der Waals surface area contributed by atoms with Crippen molar-refractivity contribution >= 4 is 29.8 Å². The lowest BCUT2D eigenvalue weighted by Crippen LogP contribution is -2.63. The first-order valence-corrected chi connectivity index (χ1v) is 28.8. The molecule has 3 saturated carbocycles. The lowest BCUT2D eigenvalue weighted by molar-refractivity contribution is -0.330. The van der Waals surface area contributed by atoms with Crippen molar-refractivity contribution in [3.63, 3.8) is 0 Å². The molecule has 3 aromatic rings. The fourth-order valence-corrected chi connectivity index (χ4v) is 15.5. The van der Waals surface area contributed by atoms with Gasteiger partial charge in [0.15, 0.2) is 48.9 Å². The maximum absolute atomic E-state index is 13.9. The summed E-state index contributed by atoms with van der Waals surface area (Å²) in [6.45, 7) is 11.9. The van der Waals surface area contributed by atoms with Gasteiger partial charge in [0.1, 0.15) is 12.2 Å². The molecule has 20 atom stereocenters. The molecule has 17 nitrogen and oxygen atoms in total. The van der Waals surface area contributed by atoms with Crippen LogP contribution in [0, 0.1) is 46.3 Å². The van der Waals surface area contributed by atoms with E-state index in [1.54, 1.807) is 78.9 Å². The highest BCUT2D eigenvalue weighted by atomic mass is 16.8. The van der Waals surface area contributed by atoms with Crippen LogP contribution in [0.4, 0.5) is 0 Å². The quantitative estimate of drug-likeness (QED) is 0.0964. The number of aliphatic hydroxyl groups excluding tert-OH is 1. The number of hydrogen-bond acceptors (Lipinski definition) is 17. The summed E-state index contributed by atoms with van der Waals surface area (Å²) in [6, 6.07) is 24.4. The van der Waals surface area contributed by atoms with Gasteiger partial charge in [-0.3, -0.25) is 9.59 Å². The third kappa shape index (κ3) is 10.9. The second kappa shape index (κ2) is 23.0. The predicted molar refractivity (Wildman–Crippen MR) is 285 cm³/mol. The highest BCUT2D eigenvalue weighted by Crippen LogP contribution is 2.71. The van der Waals surface area contributed by atoms with Crippen LogP contribution in [0.2, 0.25) is 0 Å². The Morgan fingerprint density at radius 1 is 0.662 bits per heavy atom. The van der Waals surface area contributed by atoms with Gasteiger partial charge in [0.05, 0.1) is 48.7 Å². The Morgan fingerprint density at radius 2 is 1.26 bits per heavy atom. The zero-order valence-corrected chi connectivity index (χ0v) is 46.5. The van der Waals surface area contributed by atoms with Gasteiger partial charge in [0.2, 0.25) is 0 Å². The first kappa shape index (κ1) is 56.3. The summed E-state index contributed by atoms with van der Waals surface area (Å²) in [5, 5.41) is 12.0. The van der Waals surface area contributed by atoms with E-state index in [0.29, 0.717) is 48.3 Å². The highest BCUT2D eigenvalue weighted by Gasteiger charge is 2.69. The molecular weight excluding hydrogens is 1030 g/mol. The molecule has 0 radical (unpaired) electrons. The number of carbonyl (C=O) groups excluding carboxylic acids is 5. The number of benzene rings is 3. The van der Waals surface area contributed by atoms with Crippen LogP contribution in [-0.4, -0.2) is 128 Å². The minimum absolute atomic E-state index is 0.0552. The standard InChI is InChI=1S/C63H76O17/c1-35-24-29-63(72-32-35)36(2)50-47(80-63)31-46-44-23-22-42-30-43(25-27-61(42,5)45(44)26-28-62(46,50)6)75-60-55(74-38(4)65)53(73-37(3)64)51(66)48(77-60)33-70-59-54(79-58(69)41-20-14-9-15-21-41)52(78-57(68)40-18-12-8-13-19-40)49(34-71-59)76-56(67)39-16-10-7-11-17-39/h7-22,35-36,43-55,59-60,66H,23-34H2,1-6H3/t35-,36+,43+,44-,45+,46+,47+,48-,49+,50+,51-,52+,53+,54-,55-,59-,60-,61+,62+,63-/m1/s1. The minimum Gasteiger partial charge on any atom is -0.455 e. The van der Waals surface area contributed by atoms with Gasteiger partial charge < -0.3 is 57.2 Å². The molecule has 17 heteroatoms. The third-order valence-corrected chi connectivity index (χ3v) is 19.5. The predicted octanol–water partition coefficient (Wildman–Crippen LogP) is 8.74. The average molecular weight is 1110 g/mol. The lowest BCUT2D eigenvalue weighted by Gasteiger charge is -2.58. The van der Waals surface area contributed by atoms with Gasteiger partial charge in [-0.2, -0.15) is 0 Å². The molecule has 4 saturated heterocycles. The minimum atomic E-state index is -1.65. The molecule has 8 aliphatic rings. The molecule has 1 N–H and O–H groups in total. The smallest absolute Gasteiger partial charge is 0.338 e. The molecule has 7 fully saturated rings. The number of fused-ring (bicyclic) bond motifs is 7. The Morgan fingerprint density at radius 3 is 1.88 bits per heavy atom. The van der Waals surface area contributed by atoms with Crippen LogP contribution in [0.15, 0.2) is 103 Å². The van der Waals surface area contributed by atoms with Gasteiger partial charge in [-0.25, -0.2) is 14.4 Å². The SMILES string of the molecule is CC(=O)O[C@H]1[C@H](O[C@H]2CC[C@@]3(C)C(=CC[C@H]4[C@@H]5C[C@@H]6O[C@]7(CC[C@@H](C)CO7)[C@@H](C)[C@@H]6[C@@]5(C)CC[C@@H]43)C2)O[C@H](CO[C@@H]2OC[C@H](OC(=O)c3ccccc3)[C@H](OC(=O)c3ccccc3)[C@H]2OC(=O)c2ccccc2)[C@@H](O)[C@@H]1OC(C)=O. The van der Waals surface area contributed by atoms with Crippen molar-refractivity contribution in [2.45, 2.75) is 173 Å². The van der Waals surface area contributed by atoms with Crippen molar-refractivity contribution in [2.75, 3.05) is 19.8 Å². The van der Waals surface area contributed by atoms with Gasteiger partial charge in [-0.1, -0.05) is 93.9 Å². The van der Waals surface area contributed by atoms with E-state index < -0.39 is 104 Å². The van der Waals surface area contributed by atoms with E-state index in [9.17, 15) is 29.1 Å². The van der Waals surface area contributed by atoms with Gasteiger partial charge in [-0.05, 0) is 128 Å². The van der Waals surface area contributed by atoms with Crippen molar-refractivity contribution in [3.8, 4) is 0 Å². The van der Waals surface area contributed by atoms with Crippen LogP contribution >= 0.6 is 0 Å². The molecule has 0 bridgehead atoms. The Balaban J connectivity index is 0.821. The first-order chi connectivity index (χ1) is 38.4. The molecule has 430 valence electrons. The van der Waals surface area contributed by atoms with E-state index in [1.165, 1.54) is 31.6 Å². The van der Waals surface area contributed by atoms with Gasteiger partial charge in [-0.15, -0.1) is 0 Å². The van der Waals surface area contributed by atoms with Crippen molar-refractivity contribution in [1.82, 2.24) is 0 Å². The number of rotatable bonds is 13. The Hall–Kier alpha value is -5.53. The van der Waals surface area contributed by atoms with Crippen LogP contribution in [-0.2, 0) is 61.7 Å². The molecule has 1 spiro atoms. The Bertz CT molecular complexity index is 2750. The summed E-state index contributed by atoms with van der Waals surface area (Å²) >= 11 is 0. The van der Waals surface area contributed by atoms with Crippen LogP contribution in [0.5, 0.6) is 0 Å². The number of ether oxygens (including phenoxy) is 11. The number of esters is 5. The van der Waals surface area contributed by atoms with Crippen LogP contribution in [0.25, 0.3) is 0 Å². The molecule has 11 rings (SSSR count). The van der Waals surface area contributed by atoms with Crippen LogP contribution in [0.3, 0.4) is 0 Å². The molecule has 0 unspecified atom stereocenters. The zero-order valence-electron chi connectivity index (χ0n) is 46.5. The van der Waals surface area contributed by atoms with Crippen LogP contribution < -0.4 is 0 Å². The zero-order chi connectivity index (χ0) is 56.1. The molecule has 80 heavy (non-hydrogen) atoms. The normalized spacial score (nSPS) is 39.9. The van der Waals surface area contributed by atoms with E-state index >= 15 is 0 Å². The van der Waals surface area contributed by atoms with E-state index in [2.05, 4.69) is 33.8 Å². The third-order valence-electron chi connectivity index (χ3n) is 19.5. The largest absolute Gasteiger partial charge is 0.455 e. The maximum atomic E-state index is 13.9. The number of carbonyl (C=O) groups is 5. The second-order valence-electron chi connectivity index (χ2n) is 24.3. The fraction of sp³-hybridized carbons (Fsp3) is 0.603. The van der Waals surface area contributed by atoms with Crippen molar-refractivity contribution in [3.05, 3.63) is 119 Å². The van der Waals surface area contributed by atoms with E-state index in [1.807, 2.05) is 0 Å². The first-order valence-electron chi connectivity index (χ1n) is 28.8. The maximum Gasteiger partial charge on any atom is 0.338 e. The summed E-state index contributed by atoms with van der Waals surface area (Å²) in [4.78, 5) is 67.0. The van der Waals surface area contributed by atoms with Crippen molar-refractivity contribution in [1.29, 1.82) is 0 Å². The number of hydrogen-bond donors (Lipinski definition) is 1.